The second kappa shape index (κ2) is 7.77. The van der Waals surface area contributed by atoms with Crippen molar-refractivity contribution in [3.05, 3.63) is 54.2 Å². The van der Waals surface area contributed by atoms with E-state index in [4.69, 9.17) is 9.15 Å². The maximum Gasteiger partial charge on any atom is 0.375 e. The minimum Gasteiger partial charge on any atom is -0.457 e. The topological polar surface area (TPSA) is 81.4 Å². The smallest absolute Gasteiger partial charge is 0.375 e. The van der Waals surface area contributed by atoms with Crippen LogP contribution in [0.25, 0.3) is 0 Å². The van der Waals surface area contributed by atoms with Crippen molar-refractivity contribution in [3.63, 3.8) is 0 Å². The molecule has 0 saturated heterocycles. The van der Waals surface area contributed by atoms with Gasteiger partial charge in [-0.1, -0.05) is 25.3 Å². The van der Waals surface area contributed by atoms with Crippen LogP contribution in [0.3, 0.4) is 0 Å². The fraction of sp³-hybridized carbons (Fsp3) is 0.389. The molecule has 6 heteroatoms. The lowest BCUT2D eigenvalue weighted by molar-refractivity contribution is -0.131. The number of rotatable bonds is 5. The Labute approximate surface area is 140 Å². The molecule has 6 nitrogen and oxygen atoms in total. The predicted molar refractivity (Wildman–Crippen MR) is 86.1 cm³/mol. The zero-order chi connectivity index (χ0) is 16.8. The number of nitrogens with zero attached hydrogens (tertiary/aromatic N) is 1. The van der Waals surface area contributed by atoms with Gasteiger partial charge in [-0.05, 0) is 37.1 Å². The van der Waals surface area contributed by atoms with Crippen LogP contribution >= 0.6 is 0 Å². The highest BCUT2D eigenvalue weighted by Gasteiger charge is 2.29. The van der Waals surface area contributed by atoms with Gasteiger partial charge < -0.3 is 14.5 Å². The zero-order valence-corrected chi connectivity index (χ0v) is 13.3. The molecule has 126 valence electrons. The molecule has 3 rings (SSSR count). The van der Waals surface area contributed by atoms with E-state index in [0.29, 0.717) is 5.69 Å². The molecule has 1 aliphatic carbocycles. The lowest BCUT2D eigenvalue weighted by Crippen LogP contribution is -2.40. The predicted octanol–water partition coefficient (Wildman–Crippen LogP) is 3.02. The number of hydrogen-bond acceptors (Lipinski definition) is 5. The number of pyridine rings is 1. The second-order valence-electron chi connectivity index (χ2n) is 5.86. The highest BCUT2D eigenvalue weighted by molar-refractivity contribution is 5.90. The van der Waals surface area contributed by atoms with E-state index < -0.39 is 12.1 Å². The Morgan fingerprint density at radius 2 is 2.00 bits per heavy atom. The Hall–Kier alpha value is -2.63. The van der Waals surface area contributed by atoms with Crippen LogP contribution in [0.15, 0.2) is 47.2 Å². The monoisotopic (exact) mass is 328 g/mol. The lowest BCUT2D eigenvalue weighted by Gasteiger charge is -2.25. The third kappa shape index (κ3) is 4.01. The summed E-state index contributed by atoms with van der Waals surface area (Å²) in [6.45, 7) is 0. The van der Waals surface area contributed by atoms with E-state index in [1.165, 1.54) is 18.8 Å². The molecule has 1 saturated carbocycles. The molecular formula is C18H20N2O4. The summed E-state index contributed by atoms with van der Waals surface area (Å²) in [5.74, 6) is -0.976. The fourth-order valence-corrected chi connectivity index (χ4v) is 2.86. The molecule has 1 N–H and O–H groups in total. The number of carbonyl (C=O) groups is 2. The van der Waals surface area contributed by atoms with Crippen LogP contribution in [-0.2, 0) is 9.53 Å². The third-order valence-electron chi connectivity index (χ3n) is 4.09. The first-order chi connectivity index (χ1) is 11.7. The first kappa shape index (κ1) is 16.2. The summed E-state index contributed by atoms with van der Waals surface area (Å²) in [4.78, 5) is 29.0. The van der Waals surface area contributed by atoms with Crippen molar-refractivity contribution in [2.24, 2.45) is 0 Å². The molecule has 0 aromatic carbocycles. The van der Waals surface area contributed by atoms with Crippen molar-refractivity contribution >= 4 is 11.9 Å². The van der Waals surface area contributed by atoms with E-state index in [2.05, 4.69) is 10.3 Å². The molecular weight excluding hydrogens is 308 g/mol. The van der Waals surface area contributed by atoms with Crippen LogP contribution in [0.1, 0.15) is 54.5 Å². The molecule has 0 radical (unpaired) electrons. The van der Waals surface area contributed by atoms with Crippen LogP contribution in [0, 0.1) is 0 Å². The molecule has 2 heterocycles. The van der Waals surface area contributed by atoms with Crippen LogP contribution in [-0.4, -0.2) is 22.9 Å². The molecule has 24 heavy (non-hydrogen) atoms. The first-order valence-electron chi connectivity index (χ1n) is 8.20. The summed E-state index contributed by atoms with van der Waals surface area (Å²) in [6, 6.07) is 8.38. The fourth-order valence-electron chi connectivity index (χ4n) is 2.86. The molecule has 0 bridgehead atoms. The van der Waals surface area contributed by atoms with Gasteiger partial charge in [0.05, 0.1) is 12.0 Å². The van der Waals surface area contributed by atoms with Crippen molar-refractivity contribution in [2.45, 2.75) is 44.2 Å². The quantitative estimate of drug-likeness (QED) is 0.853. The average molecular weight is 328 g/mol. The van der Waals surface area contributed by atoms with E-state index in [1.807, 2.05) is 0 Å². The molecule has 2 aromatic rings. The summed E-state index contributed by atoms with van der Waals surface area (Å²) in [6.07, 6.45) is 7.16. The van der Waals surface area contributed by atoms with Crippen LogP contribution in [0.2, 0.25) is 0 Å². The summed E-state index contributed by atoms with van der Waals surface area (Å²) in [7, 11) is 0. The molecule has 1 aliphatic rings. The first-order valence-corrected chi connectivity index (χ1v) is 8.20. The normalized spacial score (nSPS) is 16.3. The molecule has 0 unspecified atom stereocenters. The van der Waals surface area contributed by atoms with Gasteiger partial charge in [0.25, 0.3) is 5.91 Å². The van der Waals surface area contributed by atoms with E-state index in [1.54, 1.807) is 30.5 Å². The summed E-state index contributed by atoms with van der Waals surface area (Å²) >= 11 is 0. The van der Waals surface area contributed by atoms with Gasteiger partial charge in [0.1, 0.15) is 0 Å². The maximum atomic E-state index is 12.7. The van der Waals surface area contributed by atoms with Gasteiger partial charge in [-0.2, -0.15) is 0 Å². The number of aromatic nitrogens is 1. The largest absolute Gasteiger partial charge is 0.457 e. The number of amides is 1. The second-order valence-corrected chi connectivity index (χ2v) is 5.86. The van der Waals surface area contributed by atoms with Gasteiger partial charge >= 0.3 is 5.97 Å². The minimum absolute atomic E-state index is 0.0568. The molecule has 1 amide bonds. The van der Waals surface area contributed by atoms with Gasteiger partial charge in [-0.25, -0.2) is 4.79 Å². The van der Waals surface area contributed by atoms with Crippen molar-refractivity contribution in [1.82, 2.24) is 10.3 Å². The van der Waals surface area contributed by atoms with Crippen molar-refractivity contribution in [3.8, 4) is 0 Å². The number of esters is 1. The Kier molecular flexibility index (Phi) is 5.25. The van der Waals surface area contributed by atoms with E-state index in [0.717, 1.165) is 25.7 Å². The molecule has 1 fully saturated rings. The minimum atomic E-state index is -1.09. The van der Waals surface area contributed by atoms with Crippen molar-refractivity contribution < 1.29 is 18.7 Å². The van der Waals surface area contributed by atoms with Crippen molar-refractivity contribution in [1.29, 1.82) is 0 Å². The Bertz CT molecular complexity index is 664. The van der Waals surface area contributed by atoms with Gasteiger partial charge in [0.2, 0.25) is 11.9 Å². The van der Waals surface area contributed by atoms with Crippen LogP contribution < -0.4 is 5.32 Å². The third-order valence-corrected chi connectivity index (χ3v) is 4.09. The summed E-state index contributed by atoms with van der Waals surface area (Å²) < 4.78 is 10.4. The number of furan rings is 1. The Morgan fingerprint density at radius 1 is 1.17 bits per heavy atom. The molecule has 0 aliphatic heterocycles. The maximum absolute atomic E-state index is 12.7. The van der Waals surface area contributed by atoms with Crippen LogP contribution in [0.4, 0.5) is 0 Å². The van der Waals surface area contributed by atoms with Gasteiger partial charge in [-0.15, -0.1) is 0 Å². The van der Waals surface area contributed by atoms with Gasteiger partial charge in [0.15, 0.2) is 0 Å². The standard InChI is InChI=1S/C18H20N2O4/c21-17(20-13-7-2-1-3-8-13)16(14-9-4-5-11-19-14)24-18(22)15-10-6-12-23-15/h4-6,9-13,16H,1-3,7-8H2,(H,20,21)/t16-/m1/s1. The van der Waals surface area contributed by atoms with E-state index in [9.17, 15) is 9.59 Å². The van der Waals surface area contributed by atoms with Crippen molar-refractivity contribution in [2.75, 3.05) is 0 Å². The number of carbonyl (C=O) groups excluding carboxylic acids is 2. The van der Waals surface area contributed by atoms with Crippen LogP contribution in [0.5, 0.6) is 0 Å². The molecule has 2 aromatic heterocycles. The molecule has 0 spiro atoms. The highest BCUT2D eigenvalue weighted by Crippen LogP contribution is 2.21. The Morgan fingerprint density at radius 3 is 2.67 bits per heavy atom. The Balaban J connectivity index is 1.74. The van der Waals surface area contributed by atoms with E-state index in [-0.39, 0.29) is 17.7 Å². The highest BCUT2D eigenvalue weighted by atomic mass is 16.6. The number of hydrogen-bond donors (Lipinski definition) is 1. The average Bonchev–Trinajstić information content (AvgIpc) is 3.16. The van der Waals surface area contributed by atoms with Gasteiger partial charge in [0, 0.05) is 12.2 Å². The van der Waals surface area contributed by atoms with E-state index >= 15 is 0 Å². The summed E-state index contributed by atoms with van der Waals surface area (Å²) in [5.41, 5.74) is 0.394. The lowest BCUT2D eigenvalue weighted by atomic mass is 9.95. The summed E-state index contributed by atoms with van der Waals surface area (Å²) in [5, 5.41) is 2.98. The van der Waals surface area contributed by atoms with Gasteiger partial charge in [-0.3, -0.25) is 9.78 Å². The zero-order valence-electron chi connectivity index (χ0n) is 13.3. The number of ether oxygens (including phenoxy) is 1. The number of nitrogens with one attached hydrogen (secondary N) is 1. The SMILES string of the molecule is O=C(O[C@@H](C(=O)NC1CCCCC1)c1ccccn1)c1ccco1. The molecule has 1 atom stereocenters.